The first-order chi connectivity index (χ1) is 8.63. The van der Waals surface area contributed by atoms with Crippen LogP contribution < -0.4 is 5.73 Å². The van der Waals surface area contributed by atoms with Crippen LogP contribution in [0, 0.1) is 0 Å². The fraction of sp³-hybridized carbons (Fsp3) is 0.294. The summed E-state index contributed by atoms with van der Waals surface area (Å²) in [6.07, 6.45) is 1.03. The Balaban J connectivity index is 2.30. The van der Waals surface area contributed by atoms with Gasteiger partial charge in [-0.05, 0) is 28.5 Å². The first-order valence-electron chi connectivity index (χ1n) is 6.46. The molecule has 18 heavy (non-hydrogen) atoms. The first kappa shape index (κ1) is 12.8. The first-order valence-corrected chi connectivity index (χ1v) is 6.46. The molecule has 0 aliphatic carbocycles. The molecule has 2 aromatic carbocycles. The van der Waals surface area contributed by atoms with Gasteiger partial charge in [0, 0.05) is 6.54 Å². The lowest BCUT2D eigenvalue weighted by Gasteiger charge is -2.28. The van der Waals surface area contributed by atoms with E-state index in [4.69, 9.17) is 5.73 Å². The van der Waals surface area contributed by atoms with Gasteiger partial charge >= 0.3 is 0 Å². The van der Waals surface area contributed by atoms with Crippen molar-refractivity contribution in [3.05, 3.63) is 71.3 Å². The Morgan fingerprint density at radius 2 is 1.50 bits per heavy atom. The van der Waals surface area contributed by atoms with Gasteiger partial charge in [0.05, 0.1) is 0 Å². The average molecular weight is 239 g/mol. The van der Waals surface area contributed by atoms with E-state index in [1.165, 1.54) is 16.7 Å². The molecule has 0 saturated carbocycles. The predicted molar refractivity (Wildman–Crippen MR) is 77.5 cm³/mol. The highest BCUT2D eigenvalue weighted by Gasteiger charge is 2.23. The lowest BCUT2D eigenvalue weighted by molar-refractivity contribution is 0.517. The van der Waals surface area contributed by atoms with Gasteiger partial charge in [-0.2, -0.15) is 0 Å². The largest absolute Gasteiger partial charge is 0.326 e. The molecule has 0 radical (unpaired) electrons. The second kappa shape index (κ2) is 5.36. The molecule has 0 atom stereocenters. The number of hydrogen-bond acceptors (Lipinski definition) is 1. The van der Waals surface area contributed by atoms with Crippen molar-refractivity contribution >= 4 is 0 Å². The second-order valence-electron chi connectivity index (χ2n) is 5.41. The molecule has 2 N–H and O–H groups in total. The van der Waals surface area contributed by atoms with Crippen LogP contribution in [-0.2, 0) is 18.4 Å². The van der Waals surface area contributed by atoms with Crippen molar-refractivity contribution in [1.82, 2.24) is 0 Å². The molecule has 0 aromatic heterocycles. The summed E-state index contributed by atoms with van der Waals surface area (Å²) in [5.74, 6) is 0. The number of benzene rings is 2. The summed E-state index contributed by atoms with van der Waals surface area (Å²) in [5.41, 5.74) is 9.93. The Hall–Kier alpha value is -1.60. The standard InChI is InChI=1S/C17H21N/c1-17(2,12-14-8-4-3-5-9-14)16-11-7-6-10-15(16)13-18/h3-11H,12-13,18H2,1-2H3. The molecule has 0 bridgehead atoms. The zero-order valence-corrected chi connectivity index (χ0v) is 11.2. The van der Waals surface area contributed by atoms with E-state index in [9.17, 15) is 0 Å². The molecule has 0 aliphatic rings. The lowest BCUT2D eigenvalue weighted by atomic mass is 9.77. The fourth-order valence-corrected chi connectivity index (χ4v) is 2.56. The van der Waals surface area contributed by atoms with E-state index in [0.29, 0.717) is 6.54 Å². The lowest BCUT2D eigenvalue weighted by Crippen LogP contribution is -2.23. The van der Waals surface area contributed by atoms with Gasteiger partial charge in [-0.3, -0.25) is 0 Å². The Kier molecular flexibility index (Phi) is 3.83. The SMILES string of the molecule is CC(C)(Cc1ccccc1)c1ccccc1CN. The number of hydrogen-bond donors (Lipinski definition) is 1. The maximum absolute atomic E-state index is 5.84. The van der Waals surface area contributed by atoms with Gasteiger partial charge in [0.25, 0.3) is 0 Å². The summed E-state index contributed by atoms with van der Waals surface area (Å²) in [6, 6.07) is 19.1. The summed E-state index contributed by atoms with van der Waals surface area (Å²) in [6.45, 7) is 5.18. The van der Waals surface area contributed by atoms with Crippen molar-refractivity contribution in [2.24, 2.45) is 5.73 Å². The molecule has 0 spiro atoms. The highest BCUT2D eigenvalue weighted by molar-refractivity contribution is 5.35. The van der Waals surface area contributed by atoms with Crippen LogP contribution >= 0.6 is 0 Å². The van der Waals surface area contributed by atoms with Gasteiger partial charge in [-0.25, -0.2) is 0 Å². The minimum absolute atomic E-state index is 0.108. The smallest absolute Gasteiger partial charge is 0.0181 e. The zero-order valence-electron chi connectivity index (χ0n) is 11.2. The maximum Gasteiger partial charge on any atom is 0.0181 e. The molecule has 2 aromatic rings. The van der Waals surface area contributed by atoms with Gasteiger partial charge in [-0.15, -0.1) is 0 Å². The van der Waals surface area contributed by atoms with E-state index in [2.05, 4.69) is 68.4 Å². The fourth-order valence-electron chi connectivity index (χ4n) is 2.56. The van der Waals surface area contributed by atoms with E-state index in [-0.39, 0.29) is 5.41 Å². The van der Waals surface area contributed by atoms with E-state index < -0.39 is 0 Å². The molecule has 0 amide bonds. The van der Waals surface area contributed by atoms with Gasteiger partial charge in [0.2, 0.25) is 0 Å². The van der Waals surface area contributed by atoms with Crippen molar-refractivity contribution in [2.75, 3.05) is 0 Å². The van der Waals surface area contributed by atoms with Gasteiger partial charge in [-0.1, -0.05) is 68.4 Å². The molecule has 94 valence electrons. The monoisotopic (exact) mass is 239 g/mol. The second-order valence-corrected chi connectivity index (χ2v) is 5.41. The quantitative estimate of drug-likeness (QED) is 0.865. The third-order valence-electron chi connectivity index (χ3n) is 3.46. The van der Waals surface area contributed by atoms with Gasteiger partial charge in [0.15, 0.2) is 0 Å². The molecule has 2 rings (SSSR count). The van der Waals surface area contributed by atoms with Gasteiger partial charge in [0.1, 0.15) is 0 Å². The van der Waals surface area contributed by atoms with Crippen LogP contribution in [0.15, 0.2) is 54.6 Å². The van der Waals surface area contributed by atoms with E-state index in [1.807, 2.05) is 0 Å². The van der Waals surface area contributed by atoms with Crippen LogP contribution in [0.5, 0.6) is 0 Å². The highest BCUT2D eigenvalue weighted by atomic mass is 14.5. The van der Waals surface area contributed by atoms with Crippen LogP contribution in [0.2, 0.25) is 0 Å². The molecule has 0 aliphatic heterocycles. The zero-order chi connectivity index (χ0) is 13.0. The topological polar surface area (TPSA) is 26.0 Å². The Bertz CT molecular complexity index is 500. The van der Waals surface area contributed by atoms with E-state index in [1.54, 1.807) is 0 Å². The Morgan fingerprint density at radius 3 is 2.17 bits per heavy atom. The summed E-state index contributed by atoms with van der Waals surface area (Å²) in [4.78, 5) is 0. The van der Waals surface area contributed by atoms with Crippen LogP contribution in [0.3, 0.4) is 0 Å². The minimum atomic E-state index is 0.108. The Morgan fingerprint density at radius 1 is 0.889 bits per heavy atom. The number of nitrogens with two attached hydrogens (primary N) is 1. The molecule has 0 fully saturated rings. The van der Waals surface area contributed by atoms with Crippen molar-refractivity contribution in [3.8, 4) is 0 Å². The van der Waals surface area contributed by atoms with Crippen LogP contribution in [-0.4, -0.2) is 0 Å². The minimum Gasteiger partial charge on any atom is -0.326 e. The van der Waals surface area contributed by atoms with Crippen LogP contribution in [0.25, 0.3) is 0 Å². The van der Waals surface area contributed by atoms with Crippen molar-refractivity contribution < 1.29 is 0 Å². The number of rotatable bonds is 4. The molecule has 0 heterocycles. The van der Waals surface area contributed by atoms with Crippen LogP contribution in [0.1, 0.15) is 30.5 Å². The molecule has 0 saturated heterocycles. The molecule has 1 heteroatoms. The van der Waals surface area contributed by atoms with E-state index in [0.717, 1.165) is 6.42 Å². The molecule has 0 unspecified atom stereocenters. The summed E-state index contributed by atoms with van der Waals surface area (Å²) in [7, 11) is 0. The van der Waals surface area contributed by atoms with Crippen molar-refractivity contribution in [3.63, 3.8) is 0 Å². The van der Waals surface area contributed by atoms with Crippen molar-refractivity contribution in [1.29, 1.82) is 0 Å². The summed E-state index contributed by atoms with van der Waals surface area (Å²) in [5, 5.41) is 0. The Labute approximate surface area is 110 Å². The average Bonchev–Trinajstić information content (AvgIpc) is 2.39. The predicted octanol–water partition coefficient (Wildman–Crippen LogP) is 3.67. The highest BCUT2D eigenvalue weighted by Crippen LogP contribution is 2.30. The molecular formula is C17H21N. The third-order valence-corrected chi connectivity index (χ3v) is 3.46. The summed E-state index contributed by atoms with van der Waals surface area (Å²) >= 11 is 0. The van der Waals surface area contributed by atoms with Crippen molar-refractivity contribution in [2.45, 2.75) is 32.2 Å². The summed E-state index contributed by atoms with van der Waals surface area (Å²) < 4.78 is 0. The normalized spacial score (nSPS) is 11.5. The molecule has 1 nitrogen and oxygen atoms in total. The molecular weight excluding hydrogens is 218 g/mol. The maximum atomic E-state index is 5.84. The van der Waals surface area contributed by atoms with Crippen LogP contribution in [0.4, 0.5) is 0 Å². The van der Waals surface area contributed by atoms with E-state index >= 15 is 0 Å². The third kappa shape index (κ3) is 2.80. The van der Waals surface area contributed by atoms with Gasteiger partial charge < -0.3 is 5.73 Å².